The van der Waals surface area contributed by atoms with E-state index in [1.54, 1.807) is 0 Å². The van der Waals surface area contributed by atoms with E-state index in [1.807, 2.05) is 54.0 Å². The maximum absolute atomic E-state index is 12.7. The number of aryl methyl sites for hydroxylation is 1. The highest BCUT2D eigenvalue weighted by Crippen LogP contribution is 2.26. The molecule has 1 atom stereocenters. The summed E-state index contributed by atoms with van der Waals surface area (Å²) >= 11 is 0. The number of piperazine rings is 1. The number of fused-ring (bicyclic) bond motifs is 2. The predicted octanol–water partition coefficient (Wildman–Crippen LogP) is 3.21. The van der Waals surface area contributed by atoms with Gasteiger partial charge in [-0.3, -0.25) is 0 Å². The summed E-state index contributed by atoms with van der Waals surface area (Å²) in [5, 5.41) is 4.37. The van der Waals surface area contributed by atoms with Crippen molar-refractivity contribution < 1.29 is 4.42 Å². The Morgan fingerprint density at radius 3 is 2.93 bits per heavy atom. The Balaban J connectivity index is 1.56. The van der Waals surface area contributed by atoms with Crippen LogP contribution in [0, 0.1) is 6.92 Å². The fraction of sp³-hybridized carbons (Fsp3) is 0.273. The SMILES string of the molecule is Cc1cn2cc(-c3cc4ccc(N5CCN[C@@H](C)C5)cc4oc3=O)ccc2n1. The summed E-state index contributed by atoms with van der Waals surface area (Å²) in [5.41, 5.74) is 4.57. The van der Waals surface area contributed by atoms with Crippen LogP contribution in [0.5, 0.6) is 0 Å². The molecule has 6 nitrogen and oxygen atoms in total. The number of nitrogens with one attached hydrogen (secondary N) is 1. The van der Waals surface area contributed by atoms with Crippen LogP contribution in [0.4, 0.5) is 5.69 Å². The molecule has 1 saturated heterocycles. The van der Waals surface area contributed by atoms with Crippen LogP contribution in [0.3, 0.4) is 0 Å². The fourth-order valence-electron chi connectivity index (χ4n) is 3.94. The quantitative estimate of drug-likeness (QED) is 0.546. The van der Waals surface area contributed by atoms with E-state index >= 15 is 0 Å². The van der Waals surface area contributed by atoms with Crippen LogP contribution in [-0.2, 0) is 0 Å². The monoisotopic (exact) mass is 374 g/mol. The first-order chi connectivity index (χ1) is 13.6. The largest absolute Gasteiger partial charge is 0.422 e. The first-order valence-electron chi connectivity index (χ1n) is 9.59. The van der Waals surface area contributed by atoms with Crippen molar-refractivity contribution in [2.24, 2.45) is 0 Å². The third-order valence-electron chi connectivity index (χ3n) is 5.34. The van der Waals surface area contributed by atoms with E-state index < -0.39 is 0 Å². The van der Waals surface area contributed by atoms with E-state index in [1.165, 1.54) is 0 Å². The average Bonchev–Trinajstić information content (AvgIpc) is 3.06. The Kier molecular flexibility index (Phi) is 3.94. The normalized spacial score (nSPS) is 17.5. The molecule has 4 heterocycles. The van der Waals surface area contributed by atoms with Gasteiger partial charge in [-0.05, 0) is 44.2 Å². The van der Waals surface area contributed by atoms with Crippen LogP contribution in [0.2, 0.25) is 0 Å². The molecule has 1 aliphatic rings. The van der Waals surface area contributed by atoms with Crippen molar-refractivity contribution in [3.8, 4) is 11.1 Å². The molecule has 0 amide bonds. The predicted molar refractivity (Wildman–Crippen MR) is 111 cm³/mol. The Morgan fingerprint density at radius 1 is 1.18 bits per heavy atom. The highest BCUT2D eigenvalue weighted by Gasteiger charge is 2.17. The number of hydrogen-bond donors (Lipinski definition) is 1. The number of anilines is 1. The van der Waals surface area contributed by atoms with Crippen LogP contribution in [0.1, 0.15) is 12.6 Å². The van der Waals surface area contributed by atoms with Gasteiger partial charge < -0.3 is 19.0 Å². The summed E-state index contributed by atoms with van der Waals surface area (Å²) in [6, 6.07) is 12.3. The maximum atomic E-state index is 12.7. The van der Waals surface area contributed by atoms with Crippen molar-refractivity contribution in [1.82, 2.24) is 14.7 Å². The molecule has 1 fully saturated rings. The van der Waals surface area contributed by atoms with Gasteiger partial charge in [0.25, 0.3) is 0 Å². The summed E-state index contributed by atoms with van der Waals surface area (Å²) in [4.78, 5) is 19.5. The topological polar surface area (TPSA) is 62.8 Å². The van der Waals surface area contributed by atoms with Gasteiger partial charge in [-0.1, -0.05) is 0 Å². The standard InChI is InChI=1S/C22H22N4O2/c1-14-11-25(8-7-23-14)18-5-3-16-9-19(22(27)28-20(16)10-18)17-4-6-21-24-15(2)12-26(21)13-17/h3-6,9-10,12-14,23H,7-8,11H2,1-2H3/t14-/m0/s1. The first kappa shape index (κ1) is 17.0. The van der Waals surface area contributed by atoms with Gasteiger partial charge in [0, 0.05) is 60.8 Å². The molecule has 0 bridgehead atoms. The second-order valence-corrected chi connectivity index (χ2v) is 7.54. The summed E-state index contributed by atoms with van der Waals surface area (Å²) in [6.07, 6.45) is 3.87. The second-order valence-electron chi connectivity index (χ2n) is 7.54. The van der Waals surface area contributed by atoms with Crippen LogP contribution in [-0.4, -0.2) is 35.1 Å². The minimum atomic E-state index is -0.325. The smallest absolute Gasteiger partial charge is 0.344 e. The van der Waals surface area contributed by atoms with Gasteiger partial charge in [-0.2, -0.15) is 0 Å². The molecular weight excluding hydrogens is 352 g/mol. The number of pyridine rings is 1. The molecule has 0 spiro atoms. The van der Waals surface area contributed by atoms with Crippen molar-refractivity contribution in [1.29, 1.82) is 0 Å². The lowest BCUT2D eigenvalue weighted by Crippen LogP contribution is -2.49. The third kappa shape index (κ3) is 2.96. The summed E-state index contributed by atoms with van der Waals surface area (Å²) < 4.78 is 7.63. The molecule has 142 valence electrons. The number of imidazole rings is 1. The van der Waals surface area contributed by atoms with E-state index in [0.29, 0.717) is 17.2 Å². The van der Waals surface area contributed by atoms with Gasteiger partial charge in [-0.15, -0.1) is 0 Å². The summed E-state index contributed by atoms with van der Waals surface area (Å²) in [7, 11) is 0. The van der Waals surface area contributed by atoms with E-state index in [0.717, 1.165) is 47.6 Å². The molecule has 3 aromatic heterocycles. The lowest BCUT2D eigenvalue weighted by Gasteiger charge is -2.33. The molecule has 0 aliphatic carbocycles. The van der Waals surface area contributed by atoms with Crippen LogP contribution in [0.25, 0.3) is 27.7 Å². The van der Waals surface area contributed by atoms with Gasteiger partial charge in [0.05, 0.1) is 11.3 Å². The maximum Gasteiger partial charge on any atom is 0.344 e. The Labute approximate surface area is 162 Å². The zero-order valence-electron chi connectivity index (χ0n) is 16.0. The molecule has 5 rings (SSSR count). The lowest BCUT2D eigenvalue weighted by molar-refractivity contribution is 0.484. The van der Waals surface area contributed by atoms with Gasteiger partial charge in [0.1, 0.15) is 11.2 Å². The Hall–Kier alpha value is -3.12. The fourth-order valence-corrected chi connectivity index (χ4v) is 3.94. The number of aromatic nitrogens is 2. The summed E-state index contributed by atoms with van der Waals surface area (Å²) in [6.45, 7) is 6.98. The van der Waals surface area contributed by atoms with Crippen molar-refractivity contribution in [2.45, 2.75) is 19.9 Å². The van der Waals surface area contributed by atoms with Crippen molar-refractivity contribution in [3.05, 3.63) is 64.9 Å². The number of benzene rings is 1. The van der Waals surface area contributed by atoms with Gasteiger partial charge in [-0.25, -0.2) is 9.78 Å². The van der Waals surface area contributed by atoms with Gasteiger partial charge in [0.2, 0.25) is 0 Å². The van der Waals surface area contributed by atoms with Crippen molar-refractivity contribution in [3.63, 3.8) is 0 Å². The van der Waals surface area contributed by atoms with Crippen LogP contribution >= 0.6 is 0 Å². The highest BCUT2D eigenvalue weighted by molar-refractivity contribution is 5.84. The summed E-state index contributed by atoms with van der Waals surface area (Å²) in [5.74, 6) is 0. The Morgan fingerprint density at radius 2 is 2.07 bits per heavy atom. The van der Waals surface area contributed by atoms with Crippen molar-refractivity contribution >= 4 is 22.3 Å². The van der Waals surface area contributed by atoms with E-state index in [2.05, 4.69) is 28.2 Å². The average molecular weight is 374 g/mol. The van der Waals surface area contributed by atoms with Gasteiger partial charge in [0.15, 0.2) is 0 Å². The van der Waals surface area contributed by atoms with E-state index in [9.17, 15) is 4.79 Å². The molecule has 4 aromatic rings. The number of rotatable bonds is 2. The van der Waals surface area contributed by atoms with Crippen LogP contribution < -0.4 is 15.8 Å². The van der Waals surface area contributed by atoms with Crippen LogP contribution in [0.15, 0.2) is 58.0 Å². The molecule has 6 heteroatoms. The number of nitrogens with zero attached hydrogens (tertiary/aromatic N) is 3. The van der Waals surface area contributed by atoms with Crippen molar-refractivity contribution in [2.75, 3.05) is 24.5 Å². The minimum Gasteiger partial charge on any atom is -0.422 e. The Bertz CT molecular complexity index is 1240. The second kappa shape index (κ2) is 6.49. The van der Waals surface area contributed by atoms with E-state index in [4.69, 9.17) is 4.42 Å². The first-order valence-corrected chi connectivity index (χ1v) is 9.59. The van der Waals surface area contributed by atoms with Gasteiger partial charge >= 0.3 is 5.63 Å². The zero-order valence-corrected chi connectivity index (χ0v) is 16.0. The zero-order chi connectivity index (χ0) is 19.3. The molecule has 28 heavy (non-hydrogen) atoms. The molecule has 0 saturated carbocycles. The third-order valence-corrected chi connectivity index (χ3v) is 5.34. The highest BCUT2D eigenvalue weighted by atomic mass is 16.4. The molecular formula is C22H22N4O2. The minimum absolute atomic E-state index is 0.325. The molecule has 1 aromatic carbocycles. The lowest BCUT2D eigenvalue weighted by atomic mass is 10.1. The molecule has 0 unspecified atom stereocenters. The molecule has 1 aliphatic heterocycles. The van der Waals surface area contributed by atoms with E-state index in [-0.39, 0.29) is 5.63 Å². The molecule has 0 radical (unpaired) electrons. The number of hydrogen-bond acceptors (Lipinski definition) is 5. The molecule has 1 N–H and O–H groups in total.